The summed E-state index contributed by atoms with van der Waals surface area (Å²) in [6.45, 7) is 4.14. The van der Waals surface area contributed by atoms with Crippen molar-refractivity contribution < 1.29 is 0 Å². The number of pyridine rings is 2. The number of hydrogen-bond donors (Lipinski definition) is 2. The van der Waals surface area contributed by atoms with Crippen LogP contribution >= 0.6 is 0 Å². The first-order valence-corrected chi connectivity index (χ1v) is 9.01. The number of nitrogen functional groups attached to an aromatic ring is 2. The van der Waals surface area contributed by atoms with Crippen molar-refractivity contribution in [1.29, 1.82) is 0 Å². The monoisotopic (exact) mass is 346 g/mol. The Morgan fingerprint density at radius 1 is 0.808 bits per heavy atom. The van der Waals surface area contributed by atoms with Gasteiger partial charge in [-0.25, -0.2) is 9.97 Å². The molecule has 3 aromatic rings. The van der Waals surface area contributed by atoms with Crippen molar-refractivity contribution >= 4 is 11.6 Å². The zero-order valence-corrected chi connectivity index (χ0v) is 15.5. The van der Waals surface area contributed by atoms with E-state index >= 15 is 0 Å². The Morgan fingerprint density at radius 2 is 1.54 bits per heavy atom. The van der Waals surface area contributed by atoms with E-state index in [2.05, 4.69) is 54.1 Å². The molecule has 0 aliphatic rings. The Bertz CT molecular complexity index is 882. The van der Waals surface area contributed by atoms with E-state index in [0.29, 0.717) is 11.6 Å². The summed E-state index contributed by atoms with van der Waals surface area (Å²) in [5.74, 6) is 1.18. The summed E-state index contributed by atoms with van der Waals surface area (Å²) in [4.78, 5) is 8.63. The van der Waals surface area contributed by atoms with Gasteiger partial charge in [-0.15, -0.1) is 0 Å². The van der Waals surface area contributed by atoms with Gasteiger partial charge in [-0.2, -0.15) is 0 Å². The lowest BCUT2D eigenvalue weighted by atomic mass is 9.99. The van der Waals surface area contributed by atoms with E-state index in [-0.39, 0.29) is 0 Å². The summed E-state index contributed by atoms with van der Waals surface area (Å²) >= 11 is 0. The summed E-state index contributed by atoms with van der Waals surface area (Å²) in [6.07, 6.45) is 5.72. The number of nitrogens with zero attached hydrogens (tertiary/aromatic N) is 2. The number of benzene rings is 1. The molecule has 0 radical (unpaired) electrons. The Kier molecular flexibility index (Phi) is 5.52. The van der Waals surface area contributed by atoms with Crippen molar-refractivity contribution in [3.05, 3.63) is 82.2 Å². The van der Waals surface area contributed by atoms with Gasteiger partial charge in [0.2, 0.25) is 0 Å². The quantitative estimate of drug-likeness (QED) is 0.711. The second kappa shape index (κ2) is 8.00. The highest BCUT2D eigenvalue weighted by molar-refractivity contribution is 5.37. The van der Waals surface area contributed by atoms with E-state index in [4.69, 9.17) is 11.5 Å². The number of aromatic nitrogens is 2. The molecule has 0 saturated heterocycles. The number of aryl methyl sites for hydroxylation is 6. The highest BCUT2D eigenvalue weighted by Gasteiger charge is 2.04. The molecule has 0 bridgehead atoms. The van der Waals surface area contributed by atoms with Gasteiger partial charge in [0, 0.05) is 11.9 Å². The number of rotatable bonds is 6. The molecule has 2 heterocycles. The van der Waals surface area contributed by atoms with Crippen LogP contribution in [0.4, 0.5) is 11.6 Å². The first-order chi connectivity index (χ1) is 12.5. The standard InChI is InChI=1S/C22H26N4/c1-15-10-20(26-22(24)11-15)9-7-18-5-3-4-17(13-18)6-8-19-14-25-21(23)12-16(19)2/h3-5,10-14H,6-9H2,1-2H3,(H2,23,25)(H2,24,26). The largest absolute Gasteiger partial charge is 0.384 e. The minimum atomic E-state index is 0.582. The van der Waals surface area contributed by atoms with E-state index in [1.165, 1.54) is 22.3 Å². The molecule has 0 aliphatic heterocycles. The zero-order valence-electron chi connectivity index (χ0n) is 15.5. The minimum absolute atomic E-state index is 0.582. The van der Waals surface area contributed by atoms with Crippen LogP contribution in [0.5, 0.6) is 0 Å². The van der Waals surface area contributed by atoms with Gasteiger partial charge in [0.15, 0.2) is 0 Å². The van der Waals surface area contributed by atoms with Crippen LogP contribution in [0, 0.1) is 13.8 Å². The first-order valence-electron chi connectivity index (χ1n) is 9.01. The average Bonchev–Trinajstić information content (AvgIpc) is 2.59. The molecule has 134 valence electrons. The normalized spacial score (nSPS) is 10.8. The Morgan fingerprint density at radius 3 is 2.23 bits per heavy atom. The van der Waals surface area contributed by atoms with Crippen LogP contribution < -0.4 is 11.5 Å². The topological polar surface area (TPSA) is 77.8 Å². The zero-order chi connectivity index (χ0) is 18.5. The third-order valence-electron chi connectivity index (χ3n) is 4.63. The van der Waals surface area contributed by atoms with Crippen molar-refractivity contribution in [3.63, 3.8) is 0 Å². The maximum absolute atomic E-state index is 5.84. The van der Waals surface area contributed by atoms with Crippen LogP contribution in [0.2, 0.25) is 0 Å². The van der Waals surface area contributed by atoms with E-state index in [0.717, 1.165) is 36.9 Å². The fraction of sp³-hybridized carbons (Fsp3) is 0.273. The van der Waals surface area contributed by atoms with Crippen LogP contribution in [0.3, 0.4) is 0 Å². The second-order valence-corrected chi connectivity index (χ2v) is 6.92. The molecule has 1 aromatic carbocycles. The molecule has 0 amide bonds. The molecule has 0 saturated carbocycles. The Labute approximate surface area is 155 Å². The third kappa shape index (κ3) is 4.82. The molecule has 0 atom stereocenters. The lowest BCUT2D eigenvalue weighted by molar-refractivity contribution is 0.899. The van der Waals surface area contributed by atoms with Crippen molar-refractivity contribution in [3.8, 4) is 0 Å². The molecule has 4 heteroatoms. The lowest BCUT2D eigenvalue weighted by Gasteiger charge is -2.08. The second-order valence-electron chi connectivity index (χ2n) is 6.92. The van der Waals surface area contributed by atoms with Gasteiger partial charge in [-0.3, -0.25) is 0 Å². The summed E-state index contributed by atoms with van der Waals surface area (Å²) in [7, 11) is 0. The van der Waals surface area contributed by atoms with Gasteiger partial charge < -0.3 is 11.5 Å². The molecule has 4 nitrogen and oxygen atoms in total. The predicted molar refractivity (Wildman–Crippen MR) is 108 cm³/mol. The van der Waals surface area contributed by atoms with E-state index in [1.54, 1.807) is 0 Å². The summed E-state index contributed by atoms with van der Waals surface area (Å²) in [5, 5.41) is 0. The molecule has 0 fully saturated rings. The van der Waals surface area contributed by atoms with Crippen molar-refractivity contribution in [2.24, 2.45) is 0 Å². The van der Waals surface area contributed by atoms with Crippen LogP contribution in [0.25, 0.3) is 0 Å². The molecule has 2 aromatic heterocycles. The highest BCUT2D eigenvalue weighted by Crippen LogP contribution is 2.15. The van der Waals surface area contributed by atoms with Gasteiger partial charge in [0.25, 0.3) is 0 Å². The highest BCUT2D eigenvalue weighted by atomic mass is 14.8. The van der Waals surface area contributed by atoms with Crippen LogP contribution in [-0.2, 0) is 25.7 Å². The fourth-order valence-corrected chi connectivity index (χ4v) is 3.26. The van der Waals surface area contributed by atoms with E-state index < -0.39 is 0 Å². The Balaban J connectivity index is 1.62. The maximum Gasteiger partial charge on any atom is 0.123 e. The molecule has 0 spiro atoms. The molecular formula is C22H26N4. The van der Waals surface area contributed by atoms with Crippen LogP contribution in [0.1, 0.15) is 33.5 Å². The van der Waals surface area contributed by atoms with Gasteiger partial charge in [0.1, 0.15) is 11.6 Å². The van der Waals surface area contributed by atoms with Crippen LogP contribution in [0.15, 0.2) is 48.7 Å². The van der Waals surface area contributed by atoms with Gasteiger partial charge in [-0.1, -0.05) is 24.3 Å². The van der Waals surface area contributed by atoms with Gasteiger partial charge >= 0.3 is 0 Å². The van der Waals surface area contributed by atoms with E-state index in [9.17, 15) is 0 Å². The van der Waals surface area contributed by atoms with Gasteiger partial charge in [0.05, 0.1) is 0 Å². The Hall–Kier alpha value is -2.88. The van der Waals surface area contributed by atoms with Gasteiger partial charge in [-0.05, 0) is 85.5 Å². The average molecular weight is 346 g/mol. The minimum Gasteiger partial charge on any atom is -0.384 e. The SMILES string of the molecule is Cc1cc(N)nc(CCc2cccc(CCc3cnc(N)cc3C)c2)c1. The fourth-order valence-electron chi connectivity index (χ4n) is 3.26. The number of hydrogen-bond acceptors (Lipinski definition) is 4. The third-order valence-corrected chi connectivity index (χ3v) is 4.63. The molecule has 26 heavy (non-hydrogen) atoms. The number of anilines is 2. The number of nitrogens with two attached hydrogens (primary N) is 2. The molecule has 3 rings (SSSR count). The molecule has 0 aliphatic carbocycles. The molecular weight excluding hydrogens is 320 g/mol. The van der Waals surface area contributed by atoms with E-state index in [1.807, 2.05) is 18.3 Å². The van der Waals surface area contributed by atoms with Crippen molar-refractivity contribution in [2.45, 2.75) is 39.5 Å². The molecule has 4 N–H and O–H groups in total. The van der Waals surface area contributed by atoms with Crippen LogP contribution in [-0.4, -0.2) is 9.97 Å². The smallest absolute Gasteiger partial charge is 0.123 e. The first kappa shape index (κ1) is 17.9. The van der Waals surface area contributed by atoms with Crippen molar-refractivity contribution in [2.75, 3.05) is 11.5 Å². The lowest BCUT2D eigenvalue weighted by Crippen LogP contribution is -2.00. The summed E-state index contributed by atoms with van der Waals surface area (Å²) in [6, 6.07) is 14.7. The summed E-state index contributed by atoms with van der Waals surface area (Å²) < 4.78 is 0. The summed E-state index contributed by atoms with van der Waals surface area (Å²) in [5.41, 5.74) is 18.9. The predicted octanol–water partition coefficient (Wildman–Crippen LogP) is 3.83. The molecule has 0 unspecified atom stereocenters. The maximum atomic E-state index is 5.84. The van der Waals surface area contributed by atoms with Crippen molar-refractivity contribution in [1.82, 2.24) is 9.97 Å².